The largest absolute Gasteiger partial charge is 0.440 e. The summed E-state index contributed by atoms with van der Waals surface area (Å²) in [7, 11) is 0. The van der Waals surface area contributed by atoms with Crippen LogP contribution >= 0.6 is 24.8 Å². The minimum atomic E-state index is 0. The van der Waals surface area contributed by atoms with Gasteiger partial charge in [0.05, 0.1) is 5.69 Å². The van der Waals surface area contributed by atoms with Gasteiger partial charge in [-0.15, -0.1) is 24.8 Å². The molecule has 2 aliphatic heterocycles. The molecular weight excluding hydrogens is 385 g/mol. The Morgan fingerprint density at radius 1 is 1.19 bits per heavy atom. The van der Waals surface area contributed by atoms with Crippen molar-refractivity contribution >= 4 is 30.7 Å². The van der Waals surface area contributed by atoms with E-state index in [4.69, 9.17) is 4.42 Å². The molecule has 2 fully saturated rings. The van der Waals surface area contributed by atoms with Crippen LogP contribution in [0.3, 0.4) is 0 Å². The fraction of sp³-hybridized carbons (Fsp3) is 0.500. The van der Waals surface area contributed by atoms with Crippen LogP contribution < -0.4 is 10.6 Å². The topological polar surface area (TPSA) is 67.2 Å². The van der Waals surface area contributed by atoms with E-state index in [1.165, 1.54) is 12.8 Å². The summed E-state index contributed by atoms with van der Waals surface area (Å²) in [6.07, 6.45) is 5.56. The summed E-state index contributed by atoms with van der Waals surface area (Å²) >= 11 is 0. The van der Waals surface area contributed by atoms with Gasteiger partial charge in [-0.05, 0) is 32.6 Å². The van der Waals surface area contributed by atoms with Gasteiger partial charge in [-0.3, -0.25) is 4.79 Å². The number of hydrogen-bond acceptors (Lipinski definition) is 4. The van der Waals surface area contributed by atoms with E-state index < -0.39 is 0 Å². The Hall–Kier alpha value is -1.56. The minimum Gasteiger partial charge on any atom is -0.440 e. The zero-order valence-electron chi connectivity index (χ0n) is 15.4. The summed E-state index contributed by atoms with van der Waals surface area (Å²) in [5.41, 5.74) is 1.89. The van der Waals surface area contributed by atoms with E-state index in [9.17, 15) is 4.79 Å². The second-order valence-corrected chi connectivity index (χ2v) is 7.26. The van der Waals surface area contributed by atoms with Crippen molar-refractivity contribution in [3.05, 3.63) is 41.9 Å². The van der Waals surface area contributed by atoms with Crippen LogP contribution in [0.4, 0.5) is 0 Å². The molecule has 0 radical (unpaired) electrons. The molecule has 148 valence electrons. The maximum Gasteiger partial charge on any atom is 0.220 e. The smallest absolute Gasteiger partial charge is 0.220 e. The Balaban J connectivity index is 0.00000131. The van der Waals surface area contributed by atoms with E-state index in [2.05, 4.69) is 15.6 Å². The molecule has 2 N–H and O–H groups in total. The van der Waals surface area contributed by atoms with Crippen LogP contribution in [0.15, 0.2) is 34.7 Å². The molecule has 5 nitrogen and oxygen atoms in total. The van der Waals surface area contributed by atoms with Crippen LogP contribution in [0.1, 0.15) is 43.7 Å². The molecule has 4 rings (SSSR count). The van der Waals surface area contributed by atoms with Crippen LogP contribution in [-0.2, 0) is 11.2 Å². The molecule has 1 aromatic carbocycles. The van der Waals surface area contributed by atoms with Crippen molar-refractivity contribution in [1.82, 2.24) is 15.6 Å². The van der Waals surface area contributed by atoms with Gasteiger partial charge in [0, 0.05) is 36.5 Å². The monoisotopic (exact) mass is 411 g/mol. The number of fused-ring (bicyclic) bond motifs is 2. The molecule has 2 atom stereocenters. The first-order valence-corrected chi connectivity index (χ1v) is 9.24. The first kappa shape index (κ1) is 21.7. The normalized spacial score (nSPS) is 23.2. The summed E-state index contributed by atoms with van der Waals surface area (Å²) in [6.45, 7) is 1.94. The van der Waals surface area contributed by atoms with E-state index in [1.54, 1.807) is 0 Å². The van der Waals surface area contributed by atoms with Crippen LogP contribution in [0.5, 0.6) is 0 Å². The van der Waals surface area contributed by atoms with Gasteiger partial charge in [-0.25, -0.2) is 4.98 Å². The molecule has 2 bridgehead atoms. The SMILES string of the molecule is Cc1nc(CCC(=O)NC2CC3CCC(C2)N3)oc1-c1ccccc1.Cl.Cl. The molecule has 0 spiro atoms. The molecule has 2 saturated heterocycles. The quantitative estimate of drug-likeness (QED) is 0.784. The number of hydrogen-bond donors (Lipinski definition) is 2. The summed E-state index contributed by atoms with van der Waals surface area (Å²) in [5, 5.41) is 6.79. The van der Waals surface area contributed by atoms with Gasteiger partial charge < -0.3 is 15.1 Å². The predicted octanol–water partition coefficient (Wildman–Crippen LogP) is 3.83. The second kappa shape index (κ2) is 9.58. The summed E-state index contributed by atoms with van der Waals surface area (Å²) in [4.78, 5) is 16.8. The third-order valence-corrected chi connectivity index (χ3v) is 5.28. The fourth-order valence-corrected chi connectivity index (χ4v) is 4.11. The maximum atomic E-state index is 12.3. The number of nitrogens with one attached hydrogen (secondary N) is 2. The van der Waals surface area contributed by atoms with Crippen LogP contribution in [0, 0.1) is 6.92 Å². The Kier molecular flexibility index (Phi) is 7.71. The van der Waals surface area contributed by atoms with Gasteiger partial charge in [0.2, 0.25) is 5.91 Å². The number of rotatable bonds is 5. The molecular formula is C20H27Cl2N3O2. The Labute approximate surface area is 172 Å². The molecule has 1 amide bonds. The number of carbonyl (C=O) groups excluding carboxylic acids is 1. The zero-order valence-corrected chi connectivity index (χ0v) is 17.1. The van der Waals surface area contributed by atoms with Crippen LogP contribution in [-0.4, -0.2) is 29.0 Å². The van der Waals surface area contributed by atoms with Crippen molar-refractivity contribution in [3.8, 4) is 11.3 Å². The molecule has 3 heterocycles. The van der Waals surface area contributed by atoms with Crippen LogP contribution in [0.25, 0.3) is 11.3 Å². The van der Waals surface area contributed by atoms with E-state index >= 15 is 0 Å². The Morgan fingerprint density at radius 2 is 1.85 bits per heavy atom. The molecule has 2 aliphatic rings. The van der Waals surface area contributed by atoms with Crippen molar-refractivity contribution in [1.29, 1.82) is 0 Å². The number of carbonyl (C=O) groups is 1. The Bertz CT molecular complexity index is 739. The number of halogens is 2. The van der Waals surface area contributed by atoms with Crippen molar-refractivity contribution in [3.63, 3.8) is 0 Å². The molecule has 2 aromatic rings. The van der Waals surface area contributed by atoms with E-state index in [0.717, 1.165) is 29.9 Å². The third-order valence-electron chi connectivity index (χ3n) is 5.28. The third kappa shape index (κ3) is 5.24. The van der Waals surface area contributed by atoms with E-state index in [-0.39, 0.29) is 30.7 Å². The predicted molar refractivity (Wildman–Crippen MR) is 111 cm³/mol. The van der Waals surface area contributed by atoms with Crippen molar-refractivity contribution < 1.29 is 9.21 Å². The highest BCUT2D eigenvalue weighted by molar-refractivity contribution is 5.85. The lowest BCUT2D eigenvalue weighted by molar-refractivity contribution is -0.122. The van der Waals surface area contributed by atoms with E-state index in [1.807, 2.05) is 37.3 Å². The number of aryl methyl sites for hydroxylation is 2. The number of nitrogens with zero attached hydrogens (tertiary/aromatic N) is 1. The lowest BCUT2D eigenvalue weighted by Gasteiger charge is -2.29. The first-order chi connectivity index (χ1) is 12.2. The van der Waals surface area contributed by atoms with Crippen molar-refractivity contribution in [2.24, 2.45) is 0 Å². The van der Waals surface area contributed by atoms with Gasteiger partial charge in [-0.1, -0.05) is 30.3 Å². The number of amides is 1. The summed E-state index contributed by atoms with van der Waals surface area (Å²) in [5.74, 6) is 1.53. The highest BCUT2D eigenvalue weighted by Gasteiger charge is 2.33. The van der Waals surface area contributed by atoms with Gasteiger partial charge in [-0.2, -0.15) is 0 Å². The second-order valence-electron chi connectivity index (χ2n) is 7.26. The van der Waals surface area contributed by atoms with Gasteiger partial charge >= 0.3 is 0 Å². The van der Waals surface area contributed by atoms with Crippen molar-refractivity contribution in [2.45, 2.75) is 63.6 Å². The van der Waals surface area contributed by atoms with Crippen LogP contribution in [0.2, 0.25) is 0 Å². The molecule has 2 unspecified atom stereocenters. The standard InChI is InChI=1S/C20H25N3O2.2ClH/c1-13-20(14-5-3-2-4-6-14)25-19(21-13)10-9-18(24)23-17-11-15-7-8-16(12-17)22-15;;/h2-6,15-17,22H,7-12H2,1H3,(H,23,24);2*1H. The number of oxazole rings is 1. The molecule has 0 aliphatic carbocycles. The summed E-state index contributed by atoms with van der Waals surface area (Å²) < 4.78 is 5.88. The van der Waals surface area contributed by atoms with Crippen molar-refractivity contribution in [2.75, 3.05) is 0 Å². The molecule has 7 heteroatoms. The number of benzene rings is 1. The van der Waals surface area contributed by atoms with E-state index in [0.29, 0.717) is 36.9 Å². The minimum absolute atomic E-state index is 0. The number of aromatic nitrogens is 1. The lowest BCUT2D eigenvalue weighted by Crippen LogP contribution is -2.48. The average Bonchev–Trinajstić information content (AvgIpc) is 3.16. The molecule has 1 aromatic heterocycles. The van der Waals surface area contributed by atoms with Gasteiger partial charge in [0.1, 0.15) is 0 Å². The van der Waals surface area contributed by atoms with Gasteiger partial charge in [0.25, 0.3) is 0 Å². The Morgan fingerprint density at radius 3 is 2.52 bits per heavy atom. The number of piperidine rings is 1. The average molecular weight is 412 g/mol. The zero-order chi connectivity index (χ0) is 17.2. The lowest BCUT2D eigenvalue weighted by atomic mass is 9.99. The maximum absolute atomic E-state index is 12.3. The molecule has 0 saturated carbocycles. The first-order valence-electron chi connectivity index (χ1n) is 9.24. The molecule has 27 heavy (non-hydrogen) atoms. The highest BCUT2D eigenvalue weighted by atomic mass is 35.5. The summed E-state index contributed by atoms with van der Waals surface area (Å²) in [6, 6.07) is 11.5. The van der Waals surface area contributed by atoms with Gasteiger partial charge in [0.15, 0.2) is 11.7 Å². The fourth-order valence-electron chi connectivity index (χ4n) is 4.11. The highest BCUT2D eigenvalue weighted by Crippen LogP contribution is 2.27.